The molecule has 9 heteroatoms. The van der Waals surface area contributed by atoms with Crippen LogP contribution in [0.25, 0.3) is 33.8 Å². The van der Waals surface area contributed by atoms with Crippen molar-refractivity contribution in [2.45, 2.75) is 6.18 Å². The number of halogens is 4. The largest absolute Gasteiger partial charge is 0.416 e. The summed E-state index contributed by atoms with van der Waals surface area (Å²) in [4.78, 5) is 0. The van der Waals surface area contributed by atoms with Crippen LogP contribution in [-0.4, -0.2) is 0 Å². The lowest BCUT2D eigenvalue weighted by molar-refractivity contribution is -2.00. The van der Waals surface area contributed by atoms with Crippen molar-refractivity contribution < 1.29 is 46.5 Å². The molecular weight excluding hydrogens is 461 g/mol. The van der Waals surface area contributed by atoms with Crippen molar-refractivity contribution in [3.63, 3.8) is 0 Å². The number of benzene rings is 3. The summed E-state index contributed by atoms with van der Waals surface area (Å²) in [5.74, 6) is 1.30. The zero-order chi connectivity index (χ0) is 24.1. The van der Waals surface area contributed by atoms with Crippen molar-refractivity contribution in [1.82, 2.24) is 0 Å². The Kier molecular flexibility index (Phi) is 7.47. The van der Waals surface area contributed by atoms with Crippen LogP contribution in [0, 0.1) is 10.2 Å². The van der Waals surface area contributed by atoms with Crippen LogP contribution in [-0.2, 0) is 6.18 Å². The van der Waals surface area contributed by atoms with Gasteiger partial charge in [0, 0.05) is 5.56 Å². The van der Waals surface area contributed by atoms with Crippen LogP contribution in [0.5, 0.6) is 0 Å². The fourth-order valence-electron chi connectivity index (χ4n) is 3.01. The van der Waals surface area contributed by atoms with Crippen molar-refractivity contribution in [2.75, 3.05) is 0 Å². The molecule has 0 bridgehead atoms. The normalized spacial score (nSPS) is 11.5. The SMILES string of the molecule is FC(F)(F)c1ccc(-c2cc(-c3ccccc3)[o+]c(-c3ccccc3)c2)cc1.[O-][Cl+3]([O-])([O-])[O-]. The average molecular weight is 477 g/mol. The Morgan fingerprint density at radius 3 is 1.30 bits per heavy atom. The van der Waals surface area contributed by atoms with E-state index >= 15 is 0 Å². The number of rotatable bonds is 3. The van der Waals surface area contributed by atoms with Crippen molar-refractivity contribution in [3.8, 4) is 33.8 Å². The van der Waals surface area contributed by atoms with E-state index in [1.165, 1.54) is 12.1 Å². The molecule has 0 saturated carbocycles. The van der Waals surface area contributed by atoms with Gasteiger partial charge in [0.2, 0.25) is 0 Å². The van der Waals surface area contributed by atoms with E-state index in [0.29, 0.717) is 17.1 Å². The number of alkyl halides is 3. The molecule has 0 unspecified atom stereocenters. The minimum Gasteiger partial charge on any atom is -0.222 e. The molecule has 0 aliphatic carbocycles. The Morgan fingerprint density at radius 1 is 0.545 bits per heavy atom. The summed E-state index contributed by atoms with van der Waals surface area (Å²) in [6.07, 6.45) is -4.35. The summed E-state index contributed by atoms with van der Waals surface area (Å²) in [5.41, 5.74) is 2.61. The third kappa shape index (κ3) is 7.38. The highest BCUT2D eigenvalue weighted by Crippen LogP contribution is 2.35. The zero-order valence-electron chi connectivity index (χ0n) is 16.8. The van der Waals surface area contributed by atoms with E-state index in [0.717, 1.165) is 28.8 Å². The quantitative estimate of drug-likeness (QED) is 0.423. The van der Waals surface area contributed by atoms with Crippen molar-refractivity contribution in [3.05, 3.63) is 103 Å². The van der Waals surface area contributed by atoms with Gasteiger partial charge in [0.05, 0.1) is 28.8 Å². The first-order valence-corrected chi connectivity index (χ1v) is 10.6. The van der Waals surface area contributed by atoms with Crippen molar-refractivity contribution >= 4 is 0 Å². The Balaban J connectivity index is 0.000000555. The Labute approximate surface area is 189 Å². The van der Waals surface area contributed by atoms with Gasteiger partial charge in [0.1, 0.15) is 0 Å². The zero-order valence-corrected chi connectivity index (χ0v) is 17.5. The molecular formula is C24H16ClF3O5. The maximum atomic E-state index is 12.9. The average Bonchev–Trinajstić information content (AvgIpc) is 2.78. The minimum atomic E-state index is -4.94. The number of hydrogen-bond donors (Lipinski definition) is 0. The molecule has 0 saturated heterocycles. The van der Waals surface area contributed by atoms with E-state index in [1.807, 2.05) is 72.8 Å². The molecule has 0 fully saturated rings. The second kappa shape index (κ2) is 10.1. The van der Waals surface area contributed by atoms with E-state index in [9.17, 15) is 13.2 Å². The highest BCUT2D eigenvalue weighted by Gasteiger charge is 2.30. The lowest BCUT2D eigenvalue weighted by Crippen LogP contribution is -2.68. The summed E-state index contributed by atoms with van der Waals surface area (Å²) in [5, 5.41) is 0. The predicted molar refractivity (Wildman–Crippen MR) is 104 cm³/mol. The Hall–Kier alpha value is -3.27. The highest BCUT2D eigenvalue weighted by atomic mass is 35.7. The summed E-state index contributed by atoms with van der Waals surface area (Å²) in [6.45, 7) is 0. The fourth-order valence-corrected chi connectivity index (χ4v) is 3.01. The van der Waals surface area contributed by atoms with Gasteiger partial charge in [-0.25, -0.2) is 23.1 Å². The molecule has 4 rings (SSSR count). The molecule has 0 amide bonds. The minimum absolute atomic E-state index is 0.650. The third-order valence-electron chi connectivity index (χ3n) is 4.46. The van der Waals surface area contributed by atoms with Gasteiger partial charge in [-0.05, 0) is 42.0 Å². The molecule has 0 aliphatic heterocycles. The molecule has 170 valence electrons. The van der Waals surface area contributed by atoms with Crippen LogP contribution in [0.3, 0.4) is 0 Å². The Morgan fingerprint density at radius 2 is 0.939 bits per heavy atom. The topological polar surface area (TPSA) is 104 Å². The van der Waals surface area contributed by atoms with Crippen LogP contribution in [0.1, 0.15) is 5.56 Å². The predicted octanol–water partition coefficient (Wildman–Crippen LogP) is 2.82. The first-order valence-electron chi connectivity index (χ1n) is 9.39. The van der Waals surface area contributed by atoms with Crippen molar-refractivity contribution in [1.29, 1.82) is 0 Å². The molecule has 4 aromatic rings. The lowest BCUT2D eigenvalue weighted by atomic mass is 10.0. The van der Waals surface area contributed by atoms with Crippen LogP contribution < -0.4 is 18.6 Å². The van der Waals surface area contributed by atoms with Gasteiger partial charge >= 0.3 is 17.7 Å². The molecule has 0 N–H and O–H groups in total. The van der Waals surface area contributed by atoms with Crippen LogP contribution in [0.15, 0.2) is 101 Å². The van der Waals surface area contributed by atoms with E-state index < -0.39 is 22.0 Å². The summed E-state index contributed by atoms with van der Waals surface area (Å²) >= 11 is 0. The molecule has 0 atom stereocenters. The molecule has 1 heterocycles. The standard InChI is InChI=1S/C24H16F3O.ClHO4/c25-24(26,27)21-13-11-17(12-14-21)20-15-22(18-7-3-1-4-8-18)28-23(16-20)19-9-5-2-6-10-19;2-1(3,4)5/h1-16H;(H,2,3,4,5)/q+1;/p-1. The highest BCUT2D eigenvalue weighted by molar-refractivity contribution is 5.74. The monoisotopic (exact) mass is 476 g/mol. The van der Waals surface area contributed by atoms with Crippen LogP contribution in [0.2, 0.25) is 0 Å². The van der Waals surface area contributed by atoms with Gasteiger partial charge in [-0.1, -0.05) is 48.5 Å². The first kappa shape index (κ1) is 24.4. The maximum Gasteiger partial charge on any atom is 0.416 e. The number of hydrogen-bond acceptors (Lipinski definition) is 4. The summed E-state index contributed by atoms with van der Waals surface area (Å²) in [6, 6.07) is 28.1. The fraction of sp³-hybridized carbons (Fsp3) is 0.0417. The molecule has 33 heavy (non-hydrogen) atoms. The van der Waals surface area contributed by atoms with Gasteiger partial charge in [-0.3, -0.25) is 0 Å². The van der Waals surface area contributed by atoms with E-state index in [4.69, 9.17) is 23.1 Å². The van der Waals surface area contributed by atoms with E-state index in [1.54, 1.807) is 0 Å². The van der Waals surface area contributed by atoms with Crippen LogP contribution in [0.4, 0.5) is 13.2 Å². The van der Waals surface area contributed by atoms with E-state index in [-0.39, 0.29) is 0 Å². The molecule has 0 spiro atoms. The van der Waals surface area contributed by atoms with Crippen LogP contribution >= 0.6 is 0 Å². The summed E-state index contributed by atoms with van der Waals surface area (Å²) in [7, 11) is -4.94. The second-order valence-corrected chi connectivity index (χ2v) is 7.52. The van der Waals surface area contributed by atoms with Gasteiger partial charge in [-0.15, -0.1) is 10.2 Å². The van der Waals surface area contributed by atoms with Gasteiger partial charge in [-0.2, -0.15) is 13.2 Å². The van der Waals surface area contributed by atoms with E-state index in [2.05, 4.69) is 0 Å². The summed E-state index contributed by atoms with van der Waals surface area (Å²) < 4.78 is 78.7. The molecule has 1 aromatic heterocycles. The third-order valence-corrected chi connectivity index (χ3v) is 4.46. The Bertz CT molecular complexity index is 1110. The molecule has 0 aliphatic rings. The van der Waals surface area contributed by atoms with Gasteiger partial charge in [0.15, 0.2) is 0 Å². The molecule has 5 nitrogen and oxygen atoms in total. The molecule has 0 radical (unpaired) electrons. The van der Waals surface area contributed by atoms with Gasteiger partial charge < -0.3 is 0 Å². The second-order valence-electron chi connectivity index (χ2n) is 6.76. The smallest absolute Gasteiger partial charge is 0.222 e. The first-order chi connectivity index (χ1) is 15.5. The molecule has 3 aromatic carbocycles. The van der Waals surface area contributed by atoms with Crippen molar-refractivity contribution in [2.24, 2.45) is 0 Å². The lowest BCUT2D eigenvalue weighted by Gasteiger charge is -2.17. The maximum absolute atomic E-state index is 12.9. The van der Waals surface area contributed by atoms with Gasteiger partial charge in [0.25, 0.3) is 0 Å².